The van der Waals surface area contributed by atoms with E-state index in [0.29, 0.717) is 37.6 Å². The predicted octanol–water partition coefficient (Wildman–Crippen LogP) is 2.81. The van der Waals surface area contributed by atoms with E-state index < -0.39 is 0 Å². The zero-order valence-corrected chi connectivity index (χ0v) is 18.4. The first-order valence-electron chi connectivity index (χ1n) is 11.3. The lowest BCUT2D eigenvalue weighted by molar-refractivity contribution is -0.119. The highest BCUT2D eigenvalue weighted by atomic mass is 16.5. The van der Waals surface area contributed by atoms with Crippen LogP contribution in [0.2, 0.25) is 0 Å². The highest BCUT2D eigenvalue weighted by Gasteiger charge is 2.24. The molecule has 1 aromatic heterocycles. The first-order valence-corrected chi connectivity index (χ1v) is 11.3. The fourth-order valence-corrected chi connectivity index (χ4v) is 4.26. The summed E-state index contributed by atoms with van der Waals surface area (Å²) in [5.41, 5.74) is 3.32. The Kier molecular flexibility index (Phi) is 6.08. The summed E-state index contributed by atoms with van der Waals surface area (Å²) in [6.45, 7) is 4.14. The monoisotopic (exact) mass is 445 g/mol. The zero-order chi connectivity index (χ0) is 22.6. The topological polar surface area (TPSA) is 79.7 Å². The molecule has 2 aromatic carbocycles. The van der Waals surface area contributed by atoms with Crippen molar-refractivity contribution in [2.75, 3.05) is 49.6 Å². The summed E-state index contributed by atoms with van der Waals surface area (Å²) in [5, 5.41) is 7.23. The summed E-state index contributed by atoms with van der Waals surface area (Å²) in [4.78, 5) is 29.4. The lowest BCUT2D eigenvalue weighted by Crippen LogP contribution is -2.48. The van der Waals surface area contributed by atoms with Crippen molar-refractivity contribution in [2.45, 2.75) is 6.42 Å². The van der Waals surface area contributed by atoms with Gasteiger partial charge in [-0.25, -0.2) is 4.68 Å². The van der Waals surface area contributed by atoms with Crippen LogP contribution in [0.1, 0.15) is 16.8 Å². The fourth-order valence-electron chi connectivity index (χ4n) is 4.26. The number of anilines is 2. The molecule has 1 N–H and O–H groups in total. The van der Waals surface area contributed by atoms with Gasteiger partial charge in [-0.05, 0) is 42.8 Å². The molecule has 33 heavy (non-hydrogen) atoms. The van der Waals surface area contributed by atoms with Crippen molar-refractivity contribution in [1.29, 1.82) is 0 Å². The first kappa shape index (κ1) is 21.2. The molecule has 170 valence electrons. The average Bonchev–Trinajstić information content (AvgIpc) is 3.57. The van der Waals surface area contributed by atoms with Crippen molar-refractivity contribution in [3.8, 4) is 5.69 Å². The number of nitrogens with zero attached hydrogens (tertiary/aromatic N) is 4. The minimum Gasteiger partial charge on any atom is -0.381 e. The van der Waals surface area contributed by atoms with Crippen molar-refractivity contribution >= 4 is 23.2 Å². The third-order valence-electron chi connectivity index (χ3n) is 6.22. The Balaban J connectivity index is 1.18. The van der Waals surface area contributed by atoms with Crippen LogP contribution >= 0.6 is 0 Å². The lowest BCUT2D eigenvalue weighted by Gasteiger charge is -2.36. The van der Waals surface area contributed by atoms with E-state index in [4.69, 9.17) is 4.74 Å². The van der Waals surface area contributed by atoms with Crippen LogP contribution < -0.4 is 10.2 Å². The van der Waals surface area contributed by atoms with Gasteiger partial charge >= 0.3 is 0 Å². The van der Waals surface area contributed by atoms with Gasteiger partial charge in [0.15, 0.2) is 0 Å². The smallest absolute Gasteiger partial charge is 0.253 e. The third-order valence-corrected chi connectivity index (χ3v) is 6.22. The number of hydrogen-bond acceptors (Lipinski definition) is 5. The summed E-state index contributed by atoms with van der Waals surface area (Å²) in [5.74, 6) is -0.102. The predicted molar refractivity (Wildman–Crippen MR) is 126 cm³/mol. The average molecular weight is 446 g/mol. The summed E-state index contributed by atoms with van der Waals surface area (Å²) >= 11 is 0. The number of benzene rings is 2. The van der Waals surface area contributed by atoms with Crippen LogP contribution in [-0.4, -0.2) is 65.9 Å². The highest BCUT2D eigenvalue weighted by molar-refractivity contribution is 5.94. The summed E-state index contributed by atoms with van der Waals surface area (Å²) in [7, 11) is 0. The van der Waals surface area contributed by atoms with Crippen molar-refractivity contribution in [2.24, 2.45) is 5.92 Å². The van der Waals surface area contributed by atoms with Crippen LogP contribution in [0.5, 0.6) is 0 Å². The molecule has 2 aliphatic heterocycles. The zero-order valence-electron chi connectivity index (χ0n) is 18.4. The van der Waals surface area contributed by atoms with Gasteiger partial charge < -0.3 is 19.9 Å². The van der Waals surface area contributed by atoms with Gasteiger partial charge in [0.25, 0.3) is 5.91 Å². The number of aromatic nitrogens is 2. The molecule has 2 amide bonds. The molecule has 0 bridgehead atoms. The normalized spacial score (nSPS) is 18.4. The number of para-hydroxylation sites is 1. The molecule has 0 unspecified atom stereocenters. The van der Waals surface area contributed by atoms with E-state index in [1.165, 1.54) is 5.69 Å². The Bertz CT molecular complexity index is 1100. The van der Waals surface area contributed by atoms with Crippen LogP contribution in [0.15, 0.2) is 67.0 Å². The molecule has 5 rings (SSSR count). The van der Waals surface area contributed by atoms with E-state index in [0.717, 1.165) is 25.2 Å². The van der Waals surface area contributed by atoms with E-state index in [1.54, 1.807) is 17.1 Å². The lowest BCUT2D eigenvalue weighted by atomic mass is 10.1. The second-order valence-corrected chi connectivity index (χ2v) is 8.39. The van der Waals surface area contributed by atoms with Crippen LogP contribution in [0, 0.1) is 5.92 Å². The summed E-state index contributed by atoms with van der Waals surface area (Å²) in [6.07, 6.45) is 4.14. The Morgan fingerprint density at radius 2 is 1.70 bits per heavy atom. The van der Waals surface area contributed by atoms with Crippen LogP contribution in [0.4, 0.5) is 11.4 Å². The van der Waals surface area contributed by atoms with E-state index in [9.17, 15) is 9.59 Å². The SMILES string of the molecule is O=C(Nc1cnn(-c2ccc(C(=O)N3CCN(c4ccccc4)CC3)cc2)c1)[C@H]1CCOC1. The summed E-state index contributed by atoms with van der Waals surface area (Å²) < 4.78 is 6.96. The second-order valence-electron chi connectivity index (χ2n) is 8.39. The number of nitrogens with one attached hydrogen (secondary N) is 1. The molecule has 0 radical (unpaired) electrons. The van der Waals surface area contributed by atoms with Gasteiger partial charge in [-0.3, -0.25) is 9.59 Å². The molecular weight excluding hydrogens is 418 g/mol. The Morgan fingerprint density at radius 3 is 2.39 bits per heavy atom. The van der Waals surface area contributed by atoms with Crippen molar-refractivity contribution in [1.82, 2.24) is 14.7 Å². The van der Waals surface area contributed by atoms with Crippen LogP contribution in [-0.2, 0) is 9.53 Å². The van der Waals surface area contributed by atoms with Gasteiger partial charge in [-0.15, -0.1) is 0 Å². The van der Waals surface area contributed by atoms with Crippen molar-refractivity contribution < 1.29 is 14.3 Å². The molecule has 2 aliphatic rings. The van der Waals surface area contributed by atoms with Gasteiger partial charge in [0.05, 0.1) is 36.3 Å². The van der Waals surface area contributed by atoms with E-state index in [1.807, 2.05) is 47.4 Å². The molecular formula is C25H27N5O3. The van der Waals surface area contributed by atoms with Crippen LogP contribution in [0.25, 0.3) is 5.69 Å². The number of carbonyl (C=O) groups excluding carboxylic acids is 2. The first-order chi connectivity index (χ1) is 16.2. The Labute approximate surface area is 192 Å². The third kappa shape index (κ3) is 4.75. The molecule has 0 spiro atoms. The number of rotatable bonds is 5. The van der Waals surface area contributed by atoms with Crippen LogP contribution in [0.3, 0.4) is 0 Å². The highest BCUT2D eigenvalue weighted by Crippen LogP contribution is 2.19. The molecule has 0 aliphatic carbocycles. The van der Waals surface area contributed by atoms with Crippen molar-refractivity contribution in [3.63, 3.8) is 0 Å². The van der Waals surface area contributed by atoms with E-state index in [2.05, 4.69) is 27.4 Å². The maximum Gasteiger partial charge on any atom is 0.253 e. The second kappa shape index (κ2) is 9.46. The molecule has 3 heterocycles. The molecule has 0 saturated carbocycles. The Morgan fingerprint density at radius 1 is 0.939 bits per heavy atom. The maximum atomic E-state index is 13.0. The molecule has 3 aromatic rings. The van der Waals surface area contributed by atoms with Gasteiger partial charge in [-0.2, -0.15) is 5.10 Å². The molecule has 2 saturated heterocycles. The molecule has 1 atom stereocenters. The fraction of sp³-hybridized carbons (Fsp3) is 0.320. The number of piperazine rings is 1. The van der Waals surface area contributed by atoms with Crippen molar-refractivity contribution in [3.05, 3.63) is 72.6 Å². The van der Waals surface area contributed by atoms with Gasteiger partial charge in [0, 0.05) is 44.0 Å². The Hall–Kier alpha value is -3.65. The molecule has 2 fully saturated rings. The molecule has 8 nitrogen and oxygen atoms in total. The van der Waals surface area contributed by atoms with Gasteiger partial charge in [0.2, 0.25) is 5.91 Å². The largest absolute Gasteiger partial charge is 0.381 e. The standard InChI is InChI=1S/C25H27N5O3/c31-24(20-10-15-33-18-20)27-21-16-26-30(17-21)23-8-6-19(7-9-23)25(32)29-13-11-28(12-14-29)22-4-2-1-3-5-22/h1-9,16-17,20H,10-15,18H2,(H,27,31)/t20-/m0/s1. The maximum absolute atomic E-state index is 13.0. The molecule has 8 heteroatoms. The van der Waals surface area contributed by atoms with Gasteiger partial charge in [-0.1, -0.05) is 18.2 Å². The number of amides is 2. The van der Waals surface area contributed by atoms with Gasteiger partial charge in [0.1, 0.15) is 0 Å². The quantitative estimate of drug-likeness (QED) is 0.653. The number of ether oxygens (including phenoxy) is 1. The van der Waals surface area contributed by atoms with E-state index >= 15 is 0 Å². The minimum atomic E-state index is -0.104. The number of hydrogen-bond donors (Lipinski definition) is 1. The minimum absolute atomic E-state index is 0.0413. The summed E-state index contributed by atoms with van der Waals surface area (Å²) in [6, 6.07) is 17.7. The number of carbonyl (C=O) groups is 2. The van der Waals surface area contributed by atoms with E-state index in [-0.39, 0.29) is 17.7 Å².